The molecule has 108 valence electrons. The minimum absolute atomic E-state index is 0.00565. The molecule has 0 unspecified atom stereocenters. The van der Waals surface area contributed by atoms with Crippen molar-refractivity contribution >= 4 is 17.7 Å². The number of hydrogen-bond acceptors (Lipinski definition) is 1. The van der Waals surface area contributed by atoms with Crippen molar-refractivity contribution in [3.05, 3.63) is 71.8 Å². The Morgan fingerprint density at radius 2 is 1.81 bits per heavy atom. The van der Waals surface area contributed by atoms with Crippen LogP contribution in [-0.2, 0) is 0 Å². The summed E-state index contributed by atoms with van der Waals surface area (Å²) in [5.41, 5.74) is 3.60. The molecule has 0 atom stereocenters. The van der Waals surface area contributed by atoms with Gasteiger partial charge < -0.3 is 4.90 Å². The van der Waals surface area contributed by atoms with E-state index in [2.05, 4.69) is 6.58 Å². The number of para-hydroxylation sites is 1. The van der Waals surface area contributed by atoms with Gasteiger partial charge in [-0.25, -0.2) is 0 Å². The minimum Gasteiger partial charge on any atom is -0.306 e. The highest BCUT2D eigenvalue weighted by molar-refractivity contribution is 6.08. The van der Waals surface area contributed by atoms with Crippen LogP contribution in [0, 0.1) is 6.92 Å². The van der Waals surface area contributed by atoms with E-state index in [4.69, 9.17) is 0 Å². The van der Waals surface area contributed by atoms with Crippen molar-refractivity contribution in [1.29, 1.82) is 0 Å². The Balaban J connectivity index is 2.47. The van der Waals surface area contributed by atoms with Crippen molar-refractivity contribution in [3.63, 3.8) is 0 Å². The second kappa shape index (κ2) is 6.40. The van der Waals surface area contributed by atoms with Crippen LogP contribution in [0.4, 0.5) is 5.69 Å². The summed E-state index contributed by atoms with van der Waals surface area (Å²) >= 11 is 0. The van der Waals surface area contributed by atoms with Gasteiger partial charge in [-0.15, -0.1) is 0 Å². The Labute approximate surface area is 126 Å². The SMILES string of the molecule is C=Cc1cc(C)ccc1C(=O)N(c1ccccc1)C(C)C. The summed E-state index contributed by atoms with van der Waals surface area (Å²) in [4.78, 5) is 14.8. The fraction of sp³-hybridized carbons (Fsp3) is 0.211. The lowest BCUT2D eigenvalue weighted by atomic mass is 10.0. The monoisotopic (exact) mass is 279 g/mol. The Morgan fingerprint density at radius 1 is 1.14 bits per heavy atom. The number of nitrogens with zero attached hydrogens (tertiary/aromatic N) is 1. The average Bonchev–Trinajstić information content (AvgIpc) is 2.47. The fourth-order valence-electron chi connectivity index (χ4n) is 2.41. The van der Waals surface area contributed by atoms with Gasteiger partial charge in [0.15, 0.2) is 0 Å². The molecule has 0 fully saturated rings. The minimum atomic E-state index is 0.00565. The van der Waals surface area contributed by atoms with E-state index in [1.54, 1.807) is 6.08 Å². The molecule has 2 aromatic carbocycles. The van der Waals surface area contributed by atoms with Crippen LogP contribution in [0.25, 0.3) is 6.08 Å². The highest BCUT2D eigenvalue weighted by atomic mass is 16.2. The molecule has 0 aliphatic rings. The molecule has 2 heteroatoms. The normalized spacial score (nSPS) is 10.5. The average molecular weight is 279 g/mol. The van der Waals surface area contributed by atoms with E-state index in [0.717, 1.165) is 16.8 Å². The van der Waals surface area contributed by atoms with Crippen LogP contribution in [-0.4, -0.2) is 11.9 Å². The zero-order valence-corrected chi connectivity index (χ0v) is 12.8. The van der Waals surface area contributed by atoms with E-state index in [-0.39, 0.29) is 11.9 Å². The zero-order chi connectivity index (χ0) is 15.4. The lowest BCUT2D eigenvalue weighted by molar-refractivity contribution is 0.0980. The van der Waals surface area contributed by atoms with Gasteiger partial charge in [0, 0.05) is 17.3 Å². The van der Waals surface area contributed by atoms with Gasteiger partial charge in [-0.3, -0.25) is 4.79 Å². The standard InChI is InChI=1S/C19H21NO/c1-5-16-13-15(4)11-12-18(16)19(21)20(14(2)3)17-9-7-6-8-10-17/h5-14H,1H2,2-4H3. The van der Waals surface area contributed by atoms with Crippen molar-refractivity contribution in [1.82, 2.24) is 0 Å². The maximum atomic E-state index is 13.0. The number of rotatable bonds is 4. The summed E-state index contributed by atoms with van der Waals surface area (Å²) in [6.07, 6.45) is 1.74. The molecule has 0 N–H and O–H groups in total. The number of carbonyl (C=O) groups is 1. The Bertz CT molecular complexity index is 644. The van der Waals surface area contributed by atoms with Crippen molar-refractivity contribution in [2.45, 2.75) is 26.8 Å². The number of aryl methyl sites for hydroxylation is 1. The summed E-state index contributed by atoms with van der Waals surface area (Å²) in [6, 6.07) is 15.7. The maximum Gasteiger partial charge on any atom is 0.259 e. The molecule has 2 aromatic rings. The van der Waals surface area contributed by atoms with Crippen LogP contribution in [0.2, 0.25) is 0 Å². The summed E-state index contributed by atoms with van der Waals surface area (Å²) in [7, 11) is 0. The lowest BCUT2D eigenvalue weighted by Crippen LogP contribution is -2.37. The highest BCUT2D eigenvalue weighted by Crippen LogP contribution is 2.22. The lowest BCUT2D eigenvalue weighted by Gasteiger charge is -2.27. The zero-order valence-electron chi connectivity index (χ0n) is 12.8. The number of amides is 1. The highest BCUT2D eigenvalue weighted by Gasteiger charge is 2.22. The molecule has 0 heterocycles. The molecule has 21 heavy (non-hydrogen) atoms. The van der Waals surface area contributed by atoms with Crippen LogP contribution < -0.4 is 4.90 Å². The molecular weight excluding hydrogens is 258 g/mol. The van der Waals surface area contributed by atoms with E-state index in [0.29, 0.717) is 5.56 Å². The Kier molecular flexibility index (Phi) is 4.59. The quantitative estimate of drug-likeness (QED) is 0.795. The molecule has 1 amide bonds. The second-order valence-corrected chi connectivity index (χ2v) is 5.40. The molecule has 0 saturated carbocycles. The van der Waals surface area contributed by atoms with Crippen molar-refractivity contribution in [2.24, 2.45) is 0 Å². The van der Waals surface area contributed by atoms with Crippen molar-refractivity contribution in [3.8, 4) is 0 Å². The Morgan fingerprint density at radius 3 is 2.38 bits per heavy atom. The largest absolute Gasteiger partial charge is 0.306 e. The van der Waals surface area contributed by atoms with Gasteiger partial charge in [0.25, 0.3) is 5.91 Å². The van der Waals surface area contributed by atoms with Gasteiger partial charge in [-0.05, 0) is 44.5 Å². The first-order valence-corrected chi connectivity index (χ1v) is 7.16. The number of hydrogen-bond donors (Lipinski definition) is 0. The van der Waals surface area contributed by atoms with Gasteiger partial charge in [0.2, 0.25) is 0 Å². The number of anilines is 1. The van der Waals surface area contributed by atoms with Crippen molar-refractivity contribution < 1.29 is 4.79 Å². The predicted molar refractivity (Wildman–Crippen MR) is 89.7 cm³/mol. The third-order valence-electron chi connectivity index (χ3n) is 3.43. The topological polar surface area (TPSA) is 20.3 Å². The van der Waals surface area contributed by atoms with E-state index in [9.17, 15) is 4.79 Å². The van der Waals surface area contributed by atoms with Crippen LogP contribution in [0.5, 0.6) is 0 Å². The van der Waals surface area contributed by atoms with E-state index in [1.807, 2.05) is 74.2 Å². The second-order valence-electron chi connectivity index (χ2n) is 5.40. The predicted octanol–water partition coefficient (Wildman–Crippen LogP) is 4.69. The molecule has 0 saturated heterocycles. The first-order chi connectivity index (χ1) is 10.0. The summed E-state index contributed by atoms with van der Waals surface area (Å²) in [6.45, 7) is 9.87. The number of carbonyl (C=O) groups excluding carboxylic acids is 1. The van der Waals surface area contributed by atoms with Gasteiger partial charge in [-0.1, -0.05) is 48.6 Å². The molecule has 2 rings (SSSR count). The van der Waals surface area contributed by atoms with E-state index in [1.165, 1.54) is 0 Å². The first kappa shape index (κ1) is 15.0. The van der Waals surface area contributed by atoms with E-state index >= 15 is 0 Å². The Hall–Kier alpha value is -2.35. The third-order valence-corrected chi connectivity index (χ3v) is 3.43. The maximum absolute atomic E-state index is 13.0. The molecule has 0 bridgehead atoms. The molecule has 0 aliphatic heterocycles. The van der Waals surface area contributed by atoms with Gasteiger partial charge in [0.05, 0.1) is 0 Å². The number of benzene rings is 2. The summed E-state index contributed by atoms with van der Waals surface area (Å²) in [5.74, 6) is 0.00565. The van der Waals surface area contributed by atoms with Gasteiger partial charge in [-0.2, -0.15) is 0 Å². The van der Waals surface area contributed by atoms with Crippen LogP contribution in [0.1, 0.15) is 35.3 Å². The van der Waals surface area contributed by atoms with Gasteiger partial charge in [0.1, 0.15) is 0 Å². The van der Waals surface area contributed by atoms with Crippen LogP contribution in [0.3, 0.4) is 0 Å². The van der Waals surface area contributed by atoms with Crippen LogP contribution >= 0.6 is 0 Å². The molecule has 2 nitrogen and oxygen atoms in total. The summed E-state index contributed by atoms with van der Waals surface area (Å²) < 4.78 is 0. The van der Waals surface area contributed by atoms with Crippen LogP contribution in [0.15, 0.2) is 55.1 Å². The molecule has 0 aliphatic carbocycles. The van der Waals surface area contributed by atoms with Gasteiger partial charge >= 0.3 is 0 Å². The molecule has 0 radical (unpaired) electrons. The van der Waals surface area contributed by atoms with E-state index < -0.39 is 0 Å². The molecule has 0 spiro atoms. The molecule has 0 aromatic heterocycles. The van der Waals surface area contributed by atoms with Crippen molar-refractivity contribution in [2.75, 3.05) is 4.90 Å². The molecular formula is C19H21NO. The summed E-state index contributed by atoms with van der Waals surface area (Å²) in [5, 5.41) is 0. The first-order valence-electron chi connectivity index (χ1n) is 7.16. The fourth-order valence-corrected chi connectivity index (χ4v) is 2.41. The third kappa shape index (κ3) is 3.22. The smallest absolute Gasteiger partial charge is 0.259 e.